The van der Waals surface area contributed by atoms with E-state index in [-0.39, 0.29) is 10.7 Å². The van der Waals surface area contributed by atoms with Crippen molar-refractivity contribution in [1.29, 1.82) is 0 Å². The second kappa shape index (κ2) is 5.93. The van der Waals surface area contributed by atoms with E-state index in [9.17, 15) is 17.6 Å². The first-order chi connectivity index (χ1) is 9.79. The molecule has 0 radical (unpaired) electrons. The van der Waals surface area contributed by atoms with Gasteiger partial charge in [-0.1, -0.05) is 29.8 Å². The maximum absolute atomic E-state index is 13.2. The van der Waals surface area contributed by atoms with Gasteiger partial charge in [0.1, 0.15) is 5.82 Å². The van der Waals surface area contributed by atoms with E-state index in [0.717, 1.165) is 6.07 Å². The van der Waals surface area contributed by atoms with Gasteiger partial charge < -0.3 is 5.32 Å². The van der Waals surface area contributed by atoms with Gasteiger partial charge in [0.25, 0.3) is 0 Å². The van der Waals surface area contributed by atoms with E-state index in [1.807, 2.05) is 0 Å². The molecule has 2 aromatic carbocycles. The third kappa shape index (κ3) is 3.67. The molecule has 0 saturated carbocycles. The third-order valence-electron chi connectivity index (χ3n) is 3.03. The molecule has 0 amide bonds. The summed E-state index contributed by atoms with van der Waals surface area (Å²) in [6, 6.07) is 8.70. The van der Waals surface area contributed by atoms with E-state index >= 15 is 0 Å². The van der Waals surface area contributed by atoms with Crippen LogP contribution in [0.3, 0.4) is 0 Å². The lowest BCUT2D eigenvalue weighted by atomic mass is 10.1. The fraction of sp³-hybridized carbons (Fsp3) is 0.200. The first-order valence-electron chi connectivity index (χ1n) is 6.16. The van der Waals surface area contributed by atoms with Gasteiger partial charge in [0.2, 0.25) is 0 Å². The highest BCUT2D eigenvalue weighted by molar-refractivity contribution is 6.33. The summed E-state index contributed by atoms with van der Waals surface area (Å²) < 4.78 is 52.1. The van der Waals surface area contributed by atoms with E-state index in [0.29, 0.717) is 5.56 Å². The lowest BCUT2D eigenvalue weighted by Crippen LogP contribution is -2.14. The van der Waals surface area contributed by atoms with Crippen molar-refractivity contribution < 1.29 is 17.6 Å². The first-order valence-corrected chi connectivity index (χ1v) is 6.54. The smallest absolute Gasteiger partial charge is 0.377 e. The van der Waals surface area contributed by atoms with Gasteiger partial charge in [-0.15, -0.1) is 0 Å². The number of anilines is 1. The van der Waals surface area contributed by atoms with Crippen LogP contribution in [0.2, 0.25) is 5.02 Å². The maximum Gasteiger partial charge on any atom is 0.418 e. The van der Waals surface area contributed by atoms with E-state index in [1.54, 1.807) is 13.0 Å². The molecule has 0 heterocycles. The number of para-hydroxylation sites is 1. The van der Waals surface area contributed by atoms with E-state index in [2.05, 4.69) is 5.32 Å². The number of hydrogen-bond acceptors (Lipinski definition) is 1. The number of benzene rings is 2. The van der Waals surface area contributed by atoms with Gasteiger partial charge in [-0.25, -0.2) is 4.39 Å². The van der Waals surface area contributed by atoms with Crippen molar-refractivity contribution in [3.63, 3.8) is 0 Å². The van der Waals surface area contributed by atoms with Gasteiger partial charge >= 0.3 is 6.18 Å². The summed E-state index contributed by atoms with van der Waals surface area (Å²) in [5.41, 5.74) is -0.523. The van der Waals surface area contributed by atoms with Gasteiger partial charge in [0, 0.05) is 6.04 Å². The molecule has 0 saturated heterocycles. The highest BCUT2D eigenvalue weighted by Gasteiger charge is 2.34. The third-order valence-corrected chi connectivity index (χ3v) is 3.34. The Balaban J connectivity index is 2.35. The fourth-order valence-electron chi connectivity index (χ4n) is 1.98. The van der Waals surface area contributed by atoms with Crippen LogP contribution in [0.5, 0.6) is 0 Å². The average molecular weight is 318 g/mol. The Morgan fingerprint density at radius 2 is 1.76 bits per heavy atom. The van der Waals surface area contributed by atoms with Crippen molar-refractivity contribution in [1.82, 2.24) is 0 Å². The molecular weight excluding hydrogens is 306 g/mol. The monoisotopic (exact) mass is 317 g/mol. The molecule has 112 valence electrons. The molecule has 0 aliphatic rings. The topological polar surface area (TPSA) is 12.0 Å². The normalized spacial score (nSPS) is 13.0. The van der Waals surface area contributed by atoms with Crippen molar-refractivity contribution in [2.75, 3.05) is 5.32 Å². The quantitative estimate of drug-likeness (QED) is 0.719. The molecular formula is C15H12ClF4N. The van der Waals surface area contributed by atoms with E-state index in [1.165, 1.54) is 30.3 Å². The van der Waals surface area contributed by atoms with Crippen LogP contribution in [-0.4, -0.2) is 0 Å². The molecule has 0 aromatic heterocycles. The zero-order valence-corrected chi connectivity index (χ0v) is 11.8. The molecule has 6 heteroatoms. The fourth-order valence-corrected chi connectivity index (χ4v) is 2.21. The summed E-state index contributed by atoms with van der Waals surface area (Å²) in [6.07, 6.45) is -4.52. The molecule has 1 nitrogen and oxygen atoms in total. The van der Waals surface area contributed by atoms with Gasteiger partial charge in [-0.2, -0.15) is 13.2 Å². The number of hydrogen-bond donors (Lipinski definition) is 1. The predicted octanol–water partition coefficient (Wildman–Crippen LogP) is 5.67. The Morgan fingerprint density at radius 1 is 1.10 bits per heavy atom. The molecule has 2 aromatic rings. The molecule has 1 atom stereocenters. The van der Waals surface area contributed by atoms with E-state index < -0.39 is 23.6 Å². The molecule has 0 fully saturated rings. The molecule has 1 unspecified atom stereocenters. The largest absolute Gasteiger partial charge is 0.418 e. The molecule has 2 rings (SSSR count). The zero-order chi connectivity index (χ0) is 15.6. The van der Waals surface area contributed by atoms with Crippen molar-refractivity contribution in [3.8, 4) is 0 Å². The van der Waals surface area contributed by atoms with Crippen LogP contribution < -0.4 is 5.32 Å². The van der Waals surface area contributed by atoms with Crippen molar-refractivity contribution >= 4 is 17.3 Å². The number of rotatable bonds is 3. The summed E-state index contributed by atoms with van der Waals surface area (Å²) in [5, 5.41) is 2.68. The van der Waals surface area contributed by atoms with Gasteiger partial charge in [0.05, 0.1) is 16.3 Å². The number of halogens is 5. The lowest BCUT2D eigenvalue weighted by Gasteiger charge is -2.21. The zero-order valence-electron chi connectivity index (χ0n) is 11.0. The summed E-state index contributed by atoms with van der Waals surface area (Å²) in [5.74, 6) is -0.448. The standard InChI is InChI=1S/C15H12ClF4N/c1-9(10-4-2-5-11(17)8-10)21-14-12(15(18,19)20)6-3-7-13(14)16/h2-9,21H,1H3. The Bertz CT molecular complexity index is 640. The Kier molecular flexibility index (Phi) is 4.42. The minimum Gasteiger partial charge on any atom is -0.377 e. The summed E-state index contributed by atoms with van der Waals surface area (Å²) in [4.78, 5) is 0. The Labute approximate surface area is 124 Å². The second-order valence-corrected chi connectivity index (χ2v) is 4.99. The SMILES string of the molecule is CC(Nc1c(Cl)cccc1C(F)(F)F)c1cccc(F)c1. The maximum atomic E-state index is 13.2. The molecule has 0 aliphatic carbocycles. The second-order valence-electron chi connectivity index (χ2n) is 4.58. The van der Waals surface area contributed by atoms with Gasteiger partial charge in [0.15, 0.2) is 0 Å². The van der Waals surface area contributed by atoms with Crippen LogP contribution >= 0.6 is 11.6 Å². The molecule has 0 bridgehead atoms. The molecule has 21 heavy (non-hydrogen) atoms. The van der Waals surface area contributed by atoms with Crippen molar-refractivity contribution in [3.05, 3.63) is 64.4 Å². The summed E-state index contributed by atoms with van der Waals surface area (Å²) in [7, 11) is 0. The Hall–Kier alpha value is -1.75. The van der Waals surface area contributed by atoms with E-state index in [4.69, 9.17) is 11.6 Å². The van der Waals surface area contributed by atoms with Gasteiger partial charge in [-0.3, -0.25) is 0 Å². The van der Waals surface area contributed by atoms with Crippen molar-refractivity contribution in [2.45, 2.75) is 19.1 Å². The number of alkyl halides is 3. The minimum atomic E-state index is -4.52. The molecule has 0 aliphatic heterocycles. The van der Waals surface area contributed by atoms with Crippen molar-refractivity contribution in [2.24, 2.45) is 0 Å². The summed E-state index contributed by atoms with van der Waals surface area (Å²) in [6.45, 7) is 1.64. The average Bonchev–Trinajstić information content (AvgIpc) is 2.39. The van der Waals surface area contributed by atoms with Gasteiger partial charge in [-0.05, 0) is 36.8 Å². The molecule has 1 N–H and O–H groups in total. The van der Waals surface area contributed by atoms with Crippen LogP contribution in [0.1, 0.15) is 24.1 Å². The predicted molar refractivity (Wildman–Crippen MR) is 74.9 cm³/mol. The van der Waals surface area contributed by atoms with Crippen LogP contribution in [0.25, 0.3) is 0 Å². The first kappa shape index (κ1) is 15.6. The van der Waals surface area contributed by atoms with Crippen LogP contribution in [-0.2, 0) is 6.18 Å². The lowest BCUT2D eigenvalue weighted by molar-refractivity contribution is -0.137. The van der Waals surface area contributed by atoms with Crippen LogP contribution in [0.4, 0.5) is 23.2 Å². The summed E-state index contributed by atoms with van der Waals surface area (Å²) >= 11 is 5.86. The minimum absolute atomic E-state index is 0.0342. The highest BCUT2D eigenvalue weighted by Crippen LogP contribution is 2.39. The highest BCUT2D eigenvalue weighted by atomic mass is 35.5. The van der Waals surface area contributed by atoms with Crippen LogP contribution in [0.15, 0.2) is 42.5 Å². The number of nitrogens with one attached hydrogen (secondary N) is 1. The molecule has 0 spiro atoms. The van der Waals surface area contributed by atoms with Crippen LogP contribution in [0, 0.1) is 5.82 Å². The Morgan fingerprint density at radius 3 is 2.38 bits per heavy atom.